The highest BCUT2D eigenvalue weighted by molar-refractivity contribution is 5.80. The fourth-order valence-corrected chi connectivity index (χ4v) is 4.02. The van der Waals surface area contributed by atoms with Gasteiger partial charge in [0.15, 0.2) is 11.5 Å². The maximum atomic E-state index is 12.6. The van der Waals surface area contributed by atoms with Crippen molar-refractivity contribution in [1.29, 1.82) is 0 Å². The second-order valence-corrected chi connectivity index (χ2v) is 6.84. The summed E-state index contributed by atoms with van der Waals surface area (Å²) in [6, 6.07) is 2.80. The number of carbonyl (C=O) groups excluding carboxylic acids is 2. The van der Waals surface area contributed by atoms with E-state index >= 15 is 0 Å². The summed E-state index contributed by atoms with van der Waals surface area (Å²) in [5.41, 5.74) is 0.841. The smallest absolute Gasteiger partial charge is 0.319 e. The number of nitrogens with one attached hydrogen (secondary N) is 2. The average molecular weight is 378 g/mol. The van der Waals surface area contributed by atoms with Crippen molar-refractivity contribution < 1.29 is 23.8 Å². The number of rotatable bonds is 4. The van der Waals surface area contributed by atoms with Gasteiger partial charge in [0.05, 0.1) is 27.4 Å². The molecule has 0 radical (unpaired) electrons. The first-order valence-electron chi connectivity index (χ1n) is 8.70. The standard InChI is InChI=1S/C18H26N4O5/c1-9-13-14(10-7-11(25-4)15(27-6)12(8-10)26-5)21(2)18(24)20-16(13)22(3)17(23)19-9/h7-9,13-14,16H,1-6H3,(H,19,23)(H,20,24)/t9-,13+,14-,16+/m1/s1. The topological polar surface area (TPSA) is 92.4 Å². The van der Waals surface area contributed by atoms with Crippen molar-refractivity contribution in [2.75, 3.05) is 35.4 Å². The summed E-state index contributed by atoms with van der Waals surface area (Å²) in [4.78, 5) is 27.9. The van der Waals surface area contributed by atoms with E-state index in [-0.39, 0.29) is 30.1 Å². The maximum absolute atomic E-state index is 12.6. The van der Waals surface area contributed by atoms with E-state index in [2.05, 4.69) is 10.6 Å². The first kappa shape index (κ1) is 18.9. The van der Waals surface area contributed by atoms with Gasteiger partial charge in [-0.05, 0) is 24.6 Å². The van der Waals surface area contributed by atoms with Gasteiger partial charge in [-0.2, -0.15) is 0 Å². The fourth-order valence-electron chi connectivity index (χ4n) is 4.02. The molecular weight excluding hydrogens is 352 g/mol. The van der Waals surface area contributed by atoms with Crippen LogP contribution in [-0.2, 0) is 0 Å². The van der Waals surface area contributed by atoms with Crippen LogP contribution in [0.25, 0.3) is 0 Å². The van der Waals surface area contributed by atoms with Gasteiger partial charge in [-0.15, -0.1) is 0 Å². The van der Waals surface area contributed by atoms with Gasteiger partial charge < -0.3 is 34.6 Å². The summed E-state index contributed by atoms with van der Waals surface area (Å²) < 4.78 is 16.3. The summed E-state index contributed by atoms with van der Waals surface area (Å²) in [5.74, 6) is 1.44. The monoisotopic (exact) mass is 378 g/mol. The molecule has 2 aliphatic rings. The molecule has 0 bridgehead atoms. The van der Waals surface area contributed by atoms with E-state index < -0.39 is 6.17 Å². The Hall–Kier alpha value is -2.84. The van der Waals surface area contributed by atoms with Crippen molar-refractivity contribution in [3.63, 3.8) is 0 Å². The third-order valence-corrected chi connectivity index (χ3v) is 5.43. The molecular formula is C18H26N4O5. The van der Waals surface area contributed by atoms with Crippen LogP contribution in [0, 0.1) is 5.92 Å². The summed E-state index contributed by atoms with van der Waals surface area (Å²) in [5, 5.41) is 5.89. The van der Waals surface area contributed by atoms with Gasteiger partial charge in [0.2, 0.25) is 5.75 Å². The van der Waals surface area contributed by atoms with Gasteiger partial charge >= 0.3 is 12.1 Å². The van der Waals surface area contributed by atoms with Crippen molar-refractivity contribution in [3.05, 3.63) is 17.7 Å². The molecule has 0 unspecified atom stereocenters. The molecule has 0 spiro atoms. The Morgan fingerprint density at radius 1 is 0.889 bits per heavy atom. The Balaban J connectivity index is 2.12. The van der Waals surface area contributed by atoms with E-state index in [1.807, 2.05) is 19.1 Å². The van der Waals surface area contributed by atoms with Crippen molar-refractivity contribution in [2.45, 2.75) is 25.2 Å². The predicted molar refractivity (Wildman–Crippen MR) is 98.2 cm³/mol. The molecule has 2 fully saturated rings. The molecule has 9 nitrogen and oxygen atoms in total. The lowest BCUT2D eigenvalue weighted by Crippen LogP contribution is -2.71. The molecule has 2 heterocycles. The average Bonchev–Trinajstić information content (AvgIpc) is 2.66. The summed E-state index contributed by atoms with van der Waals surface area (Å²) in [6.45, 7) is 1.94. The first-order valence-corrected chi connectivity index (χ1v) is 8.70. The number of methoxy groups -OCH3 is 3. The molecule has 148 valence electrons. The lowest BCUT2D eigenvalue weighted by atomic mass is 9.81. The Morgan fingerprint density at radius 3 is 1.96 bits per heavy atom. The maximum Gasteiger partial charge on any atom is 0.319 e. The van der Waals surface area contributed by atoms with Crippen LogP contribution >= 0.6 is 0 Å². The van der Waals surface area contributed by atoms with E-state index in [9.17, 15) is 9.59 Å². The normalized spacial score (nSPS) is 27.5. The van der Waals surface area contributed by atoms with Crippen LogP contribution in [0.2, 0.25) is 0 Å². The van der Waals surface area contributed by atoms with Crippen LogP contribution < -0.4 is 24.8 Å². The molecule has 27 heavy (non-hydrogen) atoms. The Bertz CT molecular complexity index is 730. The number of nitrogens with zero attached hydrogens (tertiary/aromatic N) is 2. The molecule has 3 rings (SSSR count). The fraction of sp³-hybridized carbons (Fsp3) is 0.556. The van der Waals surface area contributed by atoms with Gasteiger partial charge in [-0.25, -0.2) is 9.59 Å². The zero-order valence-corrected chi connectivity index (χ0v) is 16.4. The number of urea groups is 2. The van der Waals surface area contributed by atoms with Crippen LogP contribution in [0.1, 0.15) is 18.5 Å². The number of hydrogen-bond donors (Lipinski definition) is 2. The molecule has 2 aliphatic heterocycles. The van der Waals surface area contributed by atoms with Crippen molar-refractivity contribution >= 4 is 12.1 Å². The molecule has 9 heteroatoms. The minimum atomic E-state index is -0.415. The number of carbonyl (C=O) groups is 2. The number of hydrogen-bond acceptors (Lipinski definition) is 5. The highest BCUT2D eigenvalue weighted by Gasteiger charge is 2.49. The highest BCUT2D eigenvalue weighted by atomic mass is 16.5. The first-order chi connectivity index (χ1) is 12.8. The predicted octanol–water partition coefficient (Wildman–Crippen LogP) is 1.39. The lowest BCUT2D eigenvalue weighted by Gasteiger charge is -2.52. The van der Waals surface area contributed by atoms with E-state index in [1.165, 1.54) is 4.90 Å². The SMILES string of the molecule is COc1cc([C@@H]2[C@H]3[C@@H](NC(=O)N2C)N(C)C(=O)N[C@@H]3C)cc(OC)c1OC. The van der Waals surface area contributed by atoms with Crippen molar-refractivity contribution in [3.8, 4) is 17.2 Å². The number of ether oxygens (including phenoxy) is 3. The van der Waals surface area contributed by atoms with Gasteiger partial charge in [-0.3, -0.25) is 0 Å². The van der Waals surface area contributed by atoms with Crippen LogP contribution in [0.3, 0.4) is 0 Å². The minimum absolute atomic E-state index is 0.0850. The van der Waals surface area contributed by atoms with E-state index in [0.29, 0.717) is 17.2 Å². The molecule has 1 aromatic rings. The lowest BCUT2D eigenvalue weighted by molar-refractivity contribution is 0.0247. The van der Waals surface area contributed by atoms with Gasteiger partial charge in [-0.1, -0.05) is 0 Å². The van der Waals surface area contributed by atoms with Crippen molar-refractivity contribution in [1.82, 2.24) is 20.4 Å². The second kappa shape index (κ2) is 7.05. The minimum Gasteiger partial charge on any atom is -0.493 e. The summed E-state index contributed by atoms with van der Waals surface area (Å²) in [6.07, 6.45) is -0.415. The number of amides is 4. The largest absolute Gasteiger partial charge is 0.493 e. The summed E-state index contributed by atoms with van der Waals surface area (Å²) in [7, 11) is 8.07. The van der Waals surface area contributed by atoms with Crippen LogP contribution in [0.15, 0.2) is 12.1 Å². The highest BCUT2D eigenvalue weighted by Crippen LogP contribution is 2.45. The molecule has 1 aromatic carbocycles. The zero-order chi connectivity index (χ0) is 19.9. The quantitative estimate of drug-likeness (QED) is 0.826. The van der Waals surface area contributed by atoms with Crippen LogP contribution in [-0.4, -0.2) is 69.5 Å². The Kier molecular flexibility index (Phi) is 4.95. The molecule has 4 atom stereocenters. The summed E-state index contributed by atoms with van der Waals surface area (Å²) >= 11 is 0. The van der Waals surface area contributed by atoms with Gasteiger partial charge in [0.1, 0.15) is 6.17 Å². The van der Waals surface area contributed by atoms with Gasteiger partial charge in [0, 0.05) is 26.1 Å². The number of benzene rings is 1. The van der Waals surface area contributed by atoms with Gasteiger partial charge in [0.25, 0.3) is 0 Å². The Morgan fingerprint density at radius 2 is 1.44 bits per heavy atom. The molecule has 0 aromatic heterocycles. The van der Waals surface area contributed by atoms with Crippen molar-refractivity contribution in [2.24, 2.45) is 5.92 Å². The molecule has 2 saturated heterocycles. The third kappa shape index (κ3) is 2.96. The Labute approximate surface area is 158 Å². The number of fused-ring (bicyclic) bond motifs is 1. The van der Waals surface area contributed by atoms with E-state index in [1.54, 1.807) is 40.3 Å². The molecule has 4 amide bonds. The van der Waals surface area contributed by atoms with E-state index in [4.69, 9.17) is 14.2 Å². The van der Waals surface area contributed by atoms with Crippen LogP contribution in [0.5, 0.6) is 17.2 Å². The molecule has 0 saturated carbocycles. The second-order valence-electron chi connectivity index (χ2n) is 6.84. The van der Waals surface area contributed by atoms with E-state index in [0.717, 1.165) is 5.56 Å². The third-order valence-electron chi connectivity index (χ3n) is 5.43. The molecule has 2 N–H and O–H groups in total. The molecule has 0 aliphatic carbocycles. The van der Waals surface area contributed by atoms with Crippen LogP contribution in [0.4, 0.5) is 9.59 Å². The zero-order valence-electron chi connectivity index (χ0n) is 16.4.